The van der Waals surface area contributed by atoms with Crippen molar-refractivity contribution < 1.29 is 0 Å². The van der Waals surface area contributed by atoms with Crippen molar-refractivity contribution in [3.05, 3.63) is 18.2 Å². The van der Waals surface area contributed by atoms with Crippen LogP contribution in [0.15, 0.2) is 17.6 Å². The molecule has 0 unspecified atom stereocenters. The number of nitrogens with zero attached hydrogens (tertiary/aromatic N) is 4. The fourth-order valence-corrected chi connectivity index (χ4v) is 1.61. The lowest BCUT2D eigenvalue weighted by Gasteiger charge is -2.03. The molecule has 0 N–H and O–H groups in total. The molecule has 0 aliphatic carbocycles. The molecule has 74 valence electrons. The van der Waals surface area contributed by atoms with E-state index in [1.807, 2.05) is 10.8 Å². The van der Waals surface area contributed by atoms with Crippen LogP contribution >= 0.6 is 11.8 Å². The number of hydrogen-bond donors (Lipinski definition) is 0. The van der Waals surface area contributed by atoms with Crippen LogP contribution in [0.1, 0.15) is 25.6 Å². The molecule has 0 saturated carbocycles. The molecule has 0 amide bonds. The third-order valence-corrected chi connectivity index (χ3v) is 2.53. The van der Waals surface area contributed by atoms with Crippen LogP contribution in [0.2, 0.25) is 0 Å². The van der Waals surface area contributed by atoms with Crippen molar-refractivity contribution in [1.29, 1.82) is 0 Å². The molecular weight excluding hydrogens is 196 g/mol. The molecular formula is C9H12N4S. The first-order chi connectivity index (χ1) is 6.72. The van der Waals surface area contributed by atoms with Gasteiger partial charge in [-0.15, -0.1) is 5.10 Å². The summed E-state index contributed by atoms with van der Waals surface area (Å²) in [5.41, 5.74) is 0.950. The van der Waals surface area contributed by atoms with Crippen LogP contribution in [0.3, 0.4) is 0 Å². The summed E-state index contributed by atoms with van der Waals surface area (Å²) >= 11 is 1.54. The van der Waals surface area contributed by atoms with Gasteiger partial charge < -0.3 is 0 Å². The molecule has 2 aromatic heterocycles. The summed E-state index contributed by atoms with van der Waals surface area (Å²) in [6, 6.07) is 0. The van der Waals surface area contributed by atoms with Gasteiger partial charge in [0.2, 0.25) is 5.16 Å². The number of imidazole rings is 1. The Morgan fingerprint density at radius 1 is 1.29 bits per heavy atom. The van der Waals surface area contributed by atoms with Crippen molar-refractivity contribution in [1.82, 2.24) is 19.6 Å². The van der Waals surface area contributed by atoms with E-state index < -0.39 is 0 Å². The molecule has 14 heavy (non-hydrogen) atoms. The van der Waals surface area contributed by atoms with E-state index >= 15 is 0 Å². The summed E-state index contributed by atoms with van der Waals surface area (Å²) in [5.74, 6) is 1.36. The molecule has 0 spiro atoms. The zero-order chi connectivity index (χ0) is 10.1. The molecule has 2 aromatic rings. The van der Waals surface area contributed by atoms with Gasteiger partial charge in [-0.05, 0) is 6.26 Å². The molecule has 0 aliphatic heterocycles. The maximum Gasteiger partial charge on any atom is 0.207 e. The third kappa shape index (κ3) is 1.48. The first-order valence-electron chi connectivity index (χ1n) is 4.47. The average molecular weight is 208 g/mol. The SMILES string of the molecule is CSc1ncc2cnc(C(C)C)n2n1. The van der Waals surface area contributed by atoms with Gasteiger partial charge in [-0.1, -0.05) is 25.6 Å². The molecule has 0 saturated heterocycles. The van der Waals surface area contributed by atoms with Gasteiger partial charge in [-0.25, -0.2) is 14.5 Å². The third-order valence-electron chi connectivity index (χ3n) is 1.98. The molecule has 0 bridgehead atoms. The van der Waals surface area contributed by atoms with Gasteiger partial charge in [0.05, 0.1) is 12.4 Å². The van der Waals surface area contributed by atoms with Crippen molar-refractivity contribution >= 4 is 17.3 Å². The van der Waals surface area contributed by atoms with E-state index in [0.717, 1.165) is 16.5 Å². The van der Waals surface area contributed by atoms with Crippen LogP contribution in [-0.4, -0.2) is 25.8 Å². The van der Waals surface area contributed by atoms with Crippen LogP contribution in [0, 0.1) is 0 Å². The fourth-order valence-electron chi connectivity index (χ4n) is 1.29. The van der Waals surface area contributed by atoms with Gasteiger partial charge in [-0.2, -0.15) is 0 Å². The van der Waals surface area contributed by atoms with E-state index in [4.69, 9.17) is 0 Å². The normalized spacial score (nSPS) is 11.4. The van der Waals surface area contributed by atoms with Crippen LogP contribution in [0.4, 0.5) is 0 Å². The Bertz CT molecular complexity index is 449. The van der Waals surface area contributed by atoms with Gasteiger partial charge in [-0.3, -0.25) is 0 Å². The topological polar surface area (TPSA) is 43.1 Å². The predicted octanol–water partition coefficient (Wildman–Crippen LogP) is 1.97. The number of hydrogen-bond acceptors (Lipinski definition) is 4. The largest absolute Gasteiger partial charge is 0.239 e. The van der Waals surface area contributed by atoms with Crippen molar-refractivity contribution in [2.24, 2.45) is 0 Å². The fraction of sp³-hybridized carbons (Fsp3) is 0.444. The lowest BCUT2D eigenvalue weighted by Crippen LogP contribution is -2.02. The Labute approximate surface area is 86.8 Å². The van der Waals surface area contributed by atoms with E-state index in [9.17, 15) is 0 Å². The van der Waals surface area contributed by atoms with Crippen LogP contribution in [0.25, 0.3) is 5.52 Å². The number of fused-ring (bicyclic) bond motifs is 1. The lowest BCUT2D eigenvalue weighted by atomic mass is 10.2. The average Bonchev–Trinajstić information content (AvgIpc) is 2.59. The zero-order valence-corrected chi connectivity index (χ0v) is 9.25. The molecule has 2 heterocycles. The highest BCUT2D eigenvalue weighted by molar-refractivity contribution is 7.98. The minimum Gasteiger partial charge on any atom is -0.239 e. The highest BCUT2D eigenvalue weighted by atomic mass is 32.2. The second-order valence-electron chi connectivity index (χ2n) is 3.35. The molecule has 2 rings (SSSR count). The Kier molecular flexibility index (Phi) is 2.41. The standard InChI is InChI=1S/C9H12N4S/c1-6(2)8-10-4-7-5-11-9(14-3)12-13(7)8/h4-6H,1-3H3. The van der Waals surface area contributed by atoms with E-state index in [1.165, 1.54) is 11.8 Å². The van der Waals surface area contributed by atoms with Crippen molar-refractivity contribution in [2.75, 3.05) is 6.26 Å². The Hall–Kier alpha value is -1.10. The Balaban J connectivity index is 2.63. The minimum absolute atomic E-state index is 0.377. The molecule has 0 aliphatic rings. The number of rotatable bonds is 2. The van der Waals surface area contributed by atoms with Crippen molar-refractivity contribution in [3.63, 3.8) is 0 Å². The molecule has 4 nitrogen and oxygen atoms in total. The first-order valence-corrected chi connectivity index (χ1v) is 5.69. The molecule has 0 atom stereocenters. The molecule has 0 aromatic carbocycles. The molecule has 0 radical (unpaired) electrons. The van der Waals surface area contributed by atoms with Crippen LogP contribution in [-0.2, 0) is 0 Å². The van der Waals surface area contributed by atoms with E-state index in [2.05, 4.69) is 28.9 Å². The monoisotopic (exact) mass is 208 g/mol. The summed E-state index contributed by atoms with van der Waals surface area (Å²) in [6.45, 7) is 4.21. The summed E-state index contributed by atoms with van der Waals surface area (Å²) in [7, 11) is 0. The van der Waals surface area contributed by atoms with Gasteiger partial charge in [0, 0.05) is 5.92 Å². The van der Waals surface area contributed by atoms with Crippen molar-refractivity contribution in [3.8, 4) is 0 Å². The van der Waals surface area contributed by atoms with Gasteiger partial charge in [0.25, 0.3) is 0 Å². The van der Waals surface area contributed by atoms with Crippen molar-refractivity contribution in [2.45, 2.75) is 24.9 Å². The van der Waals surface area contributed by atoms with E-state index in [1.54, 1.807) is 12.4 Å². The zero-order valence-electron chi connectivity index (χ0n) is 8.43. The second kappa shape index (κ2) is 3.57. The Morgan fingerprint density at radius 2 is 2.00 bits per heavy atom. The van der Waals surface area contributed by atoms with Crippen LogP contribution < -0.4 is 0 Å². The summed E-state index contributed by atoms with van der Waals surface area (Å²) in [4.78, 5) is 8.51. The highest BCUT2D eigenvalue weighted by Gasteiger charge is 2.09. The van der Waals surface area contributed by atoms with E-state index in [0.29, 0.717) is 5.92 Å². The molecule has 5 heteroatoms. The van der Waals surface area contributed by atoms with Gasteiger partial charge >= 0.3 is 0 Å². The maximum atomic E-state index is 4.38. The van der Waals surface area contributed by atoms with Crippen LogP contribution in [0.5, 0.6) is 0 Å². The molecule has 0 fully saturated rings. The minimum atomic E-state index is 0.377. The summed E-state index contributed by atoms with van der Waals surface area (Å²) in [5, 5.41) is 5.16. The Morgan fingerprint density at radius 3 is 2.64 bits per heavy atom. The van der Waals surface area contributed by atoms with E-state index in [-0.39, 0.29) is 0 Å². The lowest BCUT2D eigenvalue weighted by molar-refractivity contribution is 0.690. The highest BCUT2D eigenvalue weighted by Crippen LogP contribution is 2.15. The summed E-state index contributed by atoms with van der Waals surface area (Å²) in [6.07, 6.45) is 5.57. The predicted molar refractivity (Wildman–Crippen MR) is 56.7 cm³/mol. The summed E-state index contributed by atoms with van der Waals surface area (Å²) < 4.78 is 1.86. The quantitative estimate of drug-likeness (QED) is 0.708. The first kappa shape index (κ1) is 9.45. The second-order valence-corrected chi connectivity index (χ2v) is 4.13. The smallest absolute Gasteiger partial charge is 0.207 e. The number of aromatic nitrogens is 4. The van der Waals surface area contributed by atoms with Gasteiger partial charge in [0.1, 0.15) is 11.3 Å². The maximum absolute atomic E-state index is 4.38. The number of thioether (sulfide) groups is 1. The van der Waals surface area contributed by atoms with Gasteiger partial charge in [0.15, 0.2) is 0 Å².